The Kier molecular flexibility index (Phi) is 5.88. The molecule has 4 heterocycles. The first-order valence-corrected chi connectivity index (χ1v) is 14.3. The molecule has 3 fully saturated rings. The highest BCUT2D eigenvalue weighted by Crippen LogP contribution is 2.55. The number of hydrogen-bond acceptors (Lipinski definition) is 3. The van der Waals surface area contributed by atoms with Gasteiger partial charge in [0.1, 0.15) is 5.82 Å². The molecule has 1 saturated carbocycles. The standard InChI is InChI=1S/C33H36FN3O/c1-22-31-18-26-5-4-25(27-3-2-14-35-20-27)17-28(26)21-37(31)32(38)33(22)13-10-30(19-33)36-15-11-24(12-16-36)23-6-8-29(34)9-7-23/h2-9,14,17,20,22,24,30-31H,10-13,15-16,18-19,21H2,1H3/t22?,30-,31?,33+/m1/s1. The summed E-state index contributed by atoms with van der Waals surface area (Å²) >= 11 is 0. The molecule has 4 atom stereocenters. The fourth-order valence-electron chi connectivity index (χ4n) is 8.14. The smallest absolute Gasteiger partial charge is 0.229 e. The second-order valence-electron chi connectivity index (χ2n) is 12.1. The summed E-state index contributed by atoms with van der Waals surface area (Å²) in [4.78, 5) is 23.3. The Labute approximate surface area is 224 Å². The zero-order chi connectivity index (χ0) is 25.9. The topological polar surface area (TPSA) is 36.4 Å². The molecule has 1 aromatic heterocycles. The van der Waals surface area contributed by atoms with Gasteiger partial charge in [0.25, 0.3) is 0 Å². The maximum Gasteiger partial charge on any atom is 0.229 e. The molecular weight excluding hydrogens is 473 g/mol. The van der Waals surface area contributed by atoms with Gasteiger partial charge in [-0.05, 0) is 116 Å². The van der Waals surface area contributed by atoms with Crippen LogP contribution in [0.15, 0.2) is 67.0 Å². The molecule has 5 heteroatoms. The van der Waals surface area contributed by atoms with Gasteiger partial charge in [-0.2, -0.15) is 0 Å². The van der Waals surface area contributed by atoms with Crippen molar-refractivity contribution in [2.24, 2.45) is 11.3 Å². The third-order valence-corrected chi connectivity index (χ3v) is 10.4. The molecule has 0 N–H and O–H groups in total. The zero-order valence-electron chi connectivity index (χ0n) is 22.2. The lowest BCUT2D eigenvalue weighted by atomic mass is 9.73. The first-order valence-electron chi connectivity index (χ1n) is 14.3. The van der Waals surface area contributed by atoms with E-state index in [2.05, 4.69) is 46.0 Å². The Bertz CT molecular complexity index is 1330. The van der Waals surface area contributed by atoms with Crippen molar-refractivity contribution in [1.82, 2.24) is 14.8 Å². The van der Waals surface area contributed by atoms with Gasteiger partial charge < -0.3 is 9.80 Å². The minimum absolute atomic E-state index is 0.161. The molecule has 3 aliphatic heterocycles. The number of aromatic nitrogens is 1. The van der Waals surface area contributed by atoms with Crippen molar-refractivity contribution >= 4 is 5.91 Å². The van der Waals surface area contributed by atoms with E-state index in [9.17, 15) is 9.18 Å². The minimum atomic E-state index is -0.211. The summed E-state index contributed by atoms with van der Waals surface area (Å²) in [5, 5.41) is 0. The molecule has 1 aliphatic carbocycles. The zero-order valence-corrected chi connectivity index (χ0v) is 22.2. The number of hydrogen-bond donors (Lipinski definition) is 0. The van der Waals surface area contributed by atoms with Crippen molar-refractivity contribution in [3.63, 3.8) is 0 Å². The lowest BCUT2D eigenvalue weighted by Crippen LogP contribution is -2.42. The Balaban J connectivity index is 1.05. The lowest BCUT2D eigenvalue weighted by Gasteiger charge is -2.37. The van der Waals surface area contributed by atoms with Gasteiger partial charge in [-0.1, -0.05) is 37.3 Å². The average molecular weight is 510 g/mol. The van der Waals surface area contributed by atoms with Crippen LogP contribution in [-0.4, -0.2) is 45.9 Å². The molecule has 1 spiro atoms. The average Bonchev–Trinajstić information content (AvgIpc) is 3.50. The van der Waals surface area contributed by atoms with Gasteiger partial charge in [0.05, 0.1) is 5.41 Å². The molecule has 0 radical (unpaired) electrons. The van der Waals surface area contributed by atoms with Crippen molar-refractivity contribution in [2.45, 2.75) is 70.0 Å². The summed E-state index contributed by atoms with van der Waals surface area (Å²) in [6, 6.07) is 18.7. The Morgan fingerprint density at radius 1 is 0.974 bits per heavy atom. The molecule has 2 unspecified atom stereocenters. The molecule has 1 amide bonds. The highest BCUT2D eigenvalue weighted by molar-refractivity contribution is 5.87. The van der Waals surface area contributed by atoms with Gasteiger partial charge in [0, 0.05) is 31.0 Å². The van der Waals surface area contributed by atoms with Crippen molar-refractivity contribution in [2.75, 3.05) is 13.1 Å². The van der Waals surface area contributed by atoms with Crippen LogP contribution in [0.2, 0.25) is 0 Å². The fraction of sp³-hybridized carbons (Fsp3) is 0.455. The van der Waals surface area contributed by atoms with Crippen LogP contribution in [0, 0.1) is 17.2 Å². The van der Waals surface area contributed by atoms with Gasteiger partial charge in [0.2, 0.25) is 5.91 Å². The van der Waals surface area contributed by atoms with E-state index in [-0.39, 0.29) is 11.2 Å². The predicted octanol–water partition coefficient (Wildman–Crippen LogP) is 6.21. The third-order valence-electron chi connectivity index (χ3n) is 10.4. The van der Waals surface area contributed by atoms with Crippen molar-refractivity contribution in [3.8, 4) is 11.1 Å². The summed E-state index contributed by atoms with van der Waals surface area (Å²) < 4.78 is 13.4. The van der Waals surface area contributed by atoms with E-state index in [0.717, 1.165) is 63.7 Å². The van der Waals surface area contributed by atoms with E-state index in [1.807, 2.05) is 24.4 Å². The highest BCUT2D eigenvalue weighted by Gasteiger charge is 2.60. The van der Waals surface area contributed by atoms with Gasteiger partial charge >= 0.3 is 0 Å². The van der Waals surface area contributed by atoms with E-state index in [0.29, 0.717) is 29.8 Å². The highest BCUT2D eigenvalue weighted by atomic mass is 19.1. The number of carbonyl (C=O) groups excluding carboxylic acids is 1. The summed E-state index contributed by atoms with van der Waals surface area (Å²) in [6.45, 7) is 5.22. The van der Waals surface area contributed by atoms with E-state index < -0.39 is 0 Å². The minimum Gasteiger partial charge on any atom is -0.334 e. The summed E-state index contributed by atoms with van der Waals surface area (Å²) in [7, 11) is 0. The molecule has 2 aromatic carbocycles. The fourth-order valence-corrected chi connectivity index (χ4v) is 8.14. The Morgan fingerprint density at radius 3 is 2.55 bits per heavy atom. The quantitative estimate of drug-likeness (QED) is 0.421. The summed E-state index contributed by atoms with van der Waals surface area (Å²) in [5.74, 6) is 1.13. The van der Waals surface area contributed by atoms with Crippen LogP contribution in [0.4, 0.5) is 4.39 Å². The number of piperidine rings is 1. The number of fused-ring (bicyclic) bond motifs is 2. The number of amides is 1. The molecular formula is C33H36FN3O. The van der Waals surface area contributed by atoms with Crippen molar-refractivity contribution in [3.05, 3.63) is 89.5 Å². The van der Waals surface area contributed by atoms with Gasteiger partial charge in [-0.3, -0.25) is 9.78 Å². The number of rotatable bonds is 3. The van der Waals surface area contributed by atoms with Crippen LogP contribution >= 0.6 is 0 Å². The van der Waals surface area contributed by atoms with E-state index in [1.54, 1.807) is 18.3 Å². The van der Waals surface area contributed by atoms with E-state index >= 15 is 0 Å². The molecule has 7 rings (SSSR count). The van der Waals surface area contributed by atoms with Crippen LogP contribution in [0.1, 0.15) is 61.6 Å². The number of nitrogens with zero attached hydrogens (tertiary/aromatic N) is 3. The molecule has 3 aromatic rings. The molecule has 4 aliphatic rings. The largest absolute Gasteiger partial charge is 0.334 e. The maximum atomic E-state index is 14.1. The molecule has 38 heavy (non-hydrogen) atoms. The first kappa shape index (κ1) is 24.0. The number of carbonyl (C=O) groups is 1. The van der Waals surface area contributed by atoms with Gasteiger partial charge in [0.15, 0.2) is 0 Å². The van der Waals surface area contributed by atoms with Crippen LogP contribution < -0.4 is 0 Å². The SMILES string of the molecule is CC1C2Cc3ccc(-c4cccnc4)cc3CN2C(=O)[C@]12CC[C@@H](N1CCC(c3ccc(F)cc3)CC1)C2. The molecule has 2 saturated heterocycles. The second kappa shape index (κ2) is 9.30. The van der Waals surface area contributed by atoms with Gasteiger partial charge in [-0.25, -0.2) is 4.39 Å². The summed E-state index contributed by atoms with van der Waals surface area (Å²) in [5.41, 5.74) is 6.03. The number of benzene rings is 2. The third kappa shape index (κ3) is 3.89. The van der Waals surface area contributed by atoms with Crippen LogP contribution in [0.25, 0.3) is 11.1 Å². The number of halogens is 1. The number of likely N-dealkylation sites (tertiary alicyclic amines) is 1. The lowest BCUT2D eigenvalue weighted by molar-refractivity contribution is -0.138. The first-order chi connectivity index (χ1) is 18.5. The van der Waals surface area contributed by atoms with Crippen LogP contribution in [0.5, 0.6) is 0 Å². The maximum absolute atomic E-state index is 14.1. The monoisotopic (exact) mass is 509 g/mol. The Hall–Kier alpha value is -3.05. The summed E-state index contributed by atoms with van der Waals surface area (Å²) in [6.07, 6.45) is 10.0. The normalized spacial score (nSPS) is 29.6. The molecule has 196 valence electrons. The number of pyridine rings is 1. The van der Waals surface area contributed by atoms with Crippen molar-refractivity contribution < 1.29 is 9.18 Å². The van der Waals surface area contributed by atoms with Gasteiger partial charge in [-0.15, -0.1) is 0 Å². The van der Waals surface area contributed by atoms with Crippen LogP contribution in [-0.2, 0) is 17.8 Å². The van der Waals surface area contributed by atoms with E-state index in [1.165, 1.54) is 22.3 Å². The second-order valence-corrected chi connectivity index (χ2v) is 12.1. The van der Waals surface area contributed by atoms with Crippen molar-refractivity contribution in [1.29, 1.82) is 0 Å². The van der Waals surface area contributed by atoms with Crippen LogP contribution in [0.3, 0.4) is 0 Å². The van der Waals surface area contributed by atoms with E-state index in [4.69, 9.17) is 0 Å². The predicted molar refractivity (Wildman–Crippen MR) is 147 cm³/mol. The molecule has 4 nitrogen and oxygen atoms in total. The molecule has 0 bridgehead atoms. The Morgan fingerprint density at radius 2 is 1.79 bits per heavy atom.